The number of rotatable bonds is 6. The van der Waals surface area contributed by atoms with E-state index in [0.29, 0.717) is 6.42 Å². The zero-order valence-electron chi connectivity index (χ0n) is 8.99. The Kier molecular flexibility index (Phi) is 5.48. The van der Waals surface area contributed by atoms with Gasteiger partial charge in [-0.3, -0.25) is 4.79 Å². The minimum atomic E-state index is -0.957. The second-order valence-corrected chi connectivity index (χ2v) is 5.81. The van der Waals surface area contributed by atoms with Crippen molar-refractivity contribution in [1.82, 2.24) is 0 Å². The van der Waals surface area contributed by atoms with Gasteiger partial charge in [-0.2, -0.15) is 11.8 Å². The number of carbonyl (C=O) groups excluding carboxylic acids is 1. The number of hydrogen-bond acceptors (Lipinski definition) is 4. The van der Waals surface area contributed by atoms with Crippen LogP contribution in [0.3, 0.4) is 0 Å². The average Bonchev–Trinajstić information content (AvgIpc) is 2.02. The topological polar surface area (TPSA) is 89.3 Å². The third-order valence-electron chi connectivity index (χ3n) is 2.00. The van der Waals surface area contributed by atoms with Crippen LogP contribution in [0.25, 0.3) is 0 Å². The Morgan fingerprint density at radius 1 is 1.50 bits per heavy atom. The maximum Gasteiger partial charge on any atom is 0.237 e. The predicted octanol–water partition coefficient (Wildman–Crippen LogP) is 0.0817. The van der Waals surface area contributed by atoms with Gasteiger partial charge in [0.1, 0.15) is 0 Å². The number of hydrogen-bond donors (Lipinski definition) is 3. The summed E-state index contributed by atoms with van der Waals surface area (Å²) in [7, 11) is 0. The van der Waals surface area contributed by atoms with Crippen molar-refractivity contribution < 1.29 is 9.90 Å². The van der Waals surface area contributed by atoms with Crippen molar-refractivity contribution in [2.24, 2.45) is 11.5 Å². The number of aliphatic hydroxyl groups excluding tert-OH is 1. The van der Waals surface area contributed by atoms with Gasteiger partial charge in [-0.1, -0.05) is 13.8 Å². The van der Waals surface area contributed by atoms with Crippen LogP contribution in [-0.4, -0.2) is 33.7 Å². The Hall–Kier alpha value is -0.260. The molecule has 0 aliphatic carbocycles. The second kappa shape index (κ2) is 5.58. The summed E-state index contributed by atoms with van der Waals surface area (Å²) in [5.41, 5.74) is 9.93. The molecule has 3 atom stereocenters. The van der Waals surface area contributed by atoms with Crippen molar-refractivity contribution in [3.63, 3.8) is 0 Å². The monoisotopic (exact) mass is 220 g/mol. The molecule has 0 saturated heterocycles. The summed E-state index contributed by atoms with van der Waals surface area (Å²) in [5, 5.41) is 9.22. The molecule has 0 aromatic rings. The number of thioether (sulfide) groups is 1. The van der Waals surface area contributed by atoms with E-state index in [-0.39, 0.29) is 17.1 Å². The average molecular weight is 220 g/mol. The van der Waals surface area contributed by atoms with Crippen molar-refractivity contribution in [2.45, 2.75) is 43.2 Å². The predicted molar refractivity (Wildman–Crippen MR) is 60.0 cm³/mol. The van der Waals surface area contributed by atoms with E-state index in [2.05, 4.69) is 0 Å². The first-order chi connectivity index (χ1) is 6.29. The lowest BCUT2D eigenvalue weighted by Gasteiger charge is -2.25. The molecule has 0 heterocycles. The molecular weight excluding hydrogens is 200 g/mol. The molecule has 5 heteroatoms. The summed E-state index contributed by atoms with van der Waals surface area (Å²) < 4.78 is 0. The highest BCUT2D eigenvalue weighted by Gasteiger charge is 2.28. The maximum atomic E-state index is 11.0. The first-order valence-electron chi connectivity index (χ1n) is 4.64. The van der Waals surface area contributed by atoms with Crippen molar-refractivity contribution in [3.05, 3.63) is 0 Å². The van der Waals surface area contributed by atoms with Crippen LogP contribution in [0, 0.1) is 0 Å². The molecule has 0 aromatic carbocycles. The van der Waals surface area contributed by atoms with E-state index < -0.39 is 11.4 Å². The molecule has 0 rings (SSSR count). The largest absolute Gasteiger partial charge is 0.395 e. The second-order valence-electron chi connectivity index (χ2n) is 3.93. The molecule has 0 bridgehead atoms. The summed E-state index contributed by atoms with van der Waals surface area (Å²) in [6.45, 7) is 5.67. The van der Waals surface area contributed by atoms with E-state index in [9.17, 15) is 4.79 Å². The number of carbonyl (C=O) groups is 1. The van der Waals surface area contributed by atoms with Gasteiger partial charge in [-0.15, -0.1) is 0 Å². The Labute approximate surface area is 89.4 Å². The Balaban J connectivity index is 4.05. The van der Waals surface area contributed by atoms with Gasteiger partial charge in [0, 0.05) is 10.5 Å². The van der Waals surface area contributed by atoms with Gasteiger partial charge in [0.05, 0.1) is 12.1 Å². The lowest BCUT2D eigenvalue weighted by atomic mass is 9.97. The third-order valence-corrected chi connectivity index (χ3v) is 3.24. The smallest absolute Gasteiger partial charge is 0.237 e. The number of primary amides is 1. The SMILES string of the molecule is CC(CO)SC(C)CC(C)(N)C(N)=O. The van der Waals surface area contributed by atoms with Gasteiger partial charge in [0.25, 0.3) is 0 Å². The molecule has 0 aliphatic heterocycles. The van der Waals surface area contributed by atoms with Crippen molar-refractivity contribution in [2.75, 3.05) is 6.61 Å². The normalized spacial score (nSPS) is 19.8. The van der Waals surface area contributed by atoms with Gasteiger partial charge >= 0.3 is 0 Å². The van der Waals surface area contributed by atoms with Crippen LogP contribution in [0.15, 0.2) is 0 Å². The van der Waals surface area contributed by atoms with Gasteiger partial charge in [0.15, 0.2) is 0 Å². The number of aliphatic hydroxyl groups is 1. The lowest BCUT2D eigenvalue weighted by molar-refractivity contribution is -0.122. The van der Waals surface area contributed by atoms with Crippen LogP contribution in [0.2, 0.25) is 0 Å². The van der Waals surface area contributed by atoms with Gasteiger partial charge in [-0.05, 0) is 13.3 Å². The van der Waals surface area contributed by atoms with Crippen LogP contribution < -0.4 is 11.5 Å². The fourth-order valence-corrected chi connectivity index (χ4v) is 2.51. The highest BCUT2D eigenvalue weighted by Crippen LogP contribution is 2.23. The summed E-state index contributed by atoms with van der Waals surface area (Å²) in [6.07, 6.45) is 0.525. The fourth-order valence-electron chi connectivity index (χ4n) is 1.19. The molecule has 0 aliphatic rings. The summed E-state index contributed by atoms with van der Waals surface area (Å²) in [4.78, 5) is 11.0. The fraction of sp³-hybridized carbons (Fsp3) is 0.889. The maximum absolute atomic E-state index is 11.0. The lowest BCUT2D eigenvalue weighted by Crippen LogP contribution is -2.50. The van der Waals surface area contributed by atoms with E-state index in [4.69, 9.17) is 16.6 Å². The third kappa shape index (κ3) is 4.83. The standard InChI is InChI=1S/C9H20N2O2S/c1-6(14-7(2)5-12)4-9(3,11)8(10)13/h6-7,12H,4-5,11H2,1-3H3,(H2,10,13). The molecule has 1 amide bonds. The Morgan fingerprint density at radius 2 is 2.00 bits per heavy atom. The van der Waals surface area contributed by atoms with Crippen molar-refractivity contribution >= 4 is 17.7 Å². The van der Waals surface area contributed by atoms with Crippen LogP contribution in [0.1, 0.15) is 27.2 Å². The van der Waals surface area contributed by atoms with E-state index in [0.717, 1.165) is 0 Å². The zero-order valence-corrected chi connectivity index (χ0v) is 9.80. The van der Waals surface area contributed by atoms with Crippen LogP contribution >= 0.6 is 11.8 Å². The van der Waals surface area contributed by atoms with Crippen molar-refractivity contribution in [3.8, 4) is 0 Å². The van der Waals surface area contributed by atoms with E-state index in [1.54, 1.807) is 18.7 Å². The minimum absolute atomic E-state index is 0.132. The molecule has 3 unspecified atom stereocenters. The van der Waals surface area contributed by atoms with E-state index >= 15 is 0 Å². The van der Waals surface area contributed by atoms with Gasteiger partial charge < -0.3 is 16.6 Å². The molecule has 4 nitrogen and oxygen atoms in total. The van der Waals surface area contributed by atoms with E-state index in [1.807, 2.05) is 13.8 Å². The van der Waals surface area contributed by atoms with Gasteiger partial charge in [0.2, 0.25) is 5.91 Å². The first kappa shape index (κ1) is 13.7. The van der Waals surface area contributed by atoms with Crippen LogP contribution in [-0.2, 0) is 4.79 Å². The molecule has 14 heavy (non-hydrogen) atoms. The summed E-state index contributed by atoms with van der Waals surface area (Å²) in [6, 6.07) is 0. The Bertz CT molecular complexity index is 197. The zero-order chi connectivity index (χ0) is 11.4. The Morgan fingerprint density at radius 3 is 2.36 bits per heavy atom. The highest BCUT2D eigenvalue weighted by atomic mass is 32.2. The van der Waals surface area contributed by atoms with Crippen molar-refractivity contribution in [1.29, 1.82) is 0 Å². The molecule has 0 aromatic heterocycles. The molecule has 0 radical (unpaired) electrons. The summed E-state index contributed by atoms with van der Waals surface area (Å²) in [5.74, 6) is -0.485. The molecular formula is C9H20N2O2S. The minimum Gasteiger partial charge on any atom is -0.395 e. The quantitative estimate of drug-likeness (QED) is 0.591. The molecule has 0 spiro atoms. The van der Waals surface area contributed by atoms with E-state index in [1.165, 1.54) is 0 Å². The van der Waals surface area contributed by atoms with Crippen LogP contribution in [0.4, 0.5) is 0 Å². The number of amides is 1. The number of nitrogens with two attached hydrogens (primary N) is 2. The van der Waals surface area contributed by atoms with Gasteiger partial charge in [-0.25, -0.2) is 0 Å². The molecule has 84 valence electrons. The molecule has 0 fully saturated rings. The highest BCUT2D eigenvalue weighted by molar-refractivity contribution is 8.00. The summed E-state index contributed by atoms with van der Waals surface area (Å²) >= 11 is 1.61. The molecule has 5 N–H and O–H groups in total. The van der Waals surface area contributed by atoms with Crippen LogP contribution in [0.5, 0.6) is 0 Å². The molecule has 0 saturated carbocycles. The first-order valence-corrected chi connectivity index (χ1v) is 5.59.